The van der Waals surface area contributed by atoms with E-state index in [1.54, 1.807) is 21.5 Å². The molecule has 1 fully saturated rings. The van der Waals surface area contributed by atoms with Crippen LogP contribution in [0, 0.1) is 0 Å². The van der Waals surface area contributed by atoms with Gasteiger partial charge in [-0.1, -0.05) is 41.9 Å². The van der Waals surface area contributed by atoms with Crippen LogP contribution in [0.3, 0.4) is 0 Å². The summed E-state index contributed by atoms with van der Waals surface area (Å²) in [6.45, 7) is 4.21. The normalized spacial score (nSPS) is 17.6. The van der Waals surface area contributed by atoms with Crippen molar-refractivity contribution < 1.29 is 4.52 Å². The molecular formula is C22H24N6O2. The number of fused-ring (bicyclic) bond motifs is 1. The maximum absolute atomic E-state index is 13.0. The minimum absolute atomic E-state index is 0.136. The second-order valence-electron chi connectivity index (χ2n) is 7.88. The van der Waals surface area contributed by atoms with Crippen LogP contribution in [0.4, 0.5) is 0 Å². The highest BCUT2D eigenvalue weighted by molar-refractivity contribution is 5.65. The molecule has 1 aromatic carbocycles. The summed E-state index contributed by atoms with van der Waals surface area (Å²) >= 11 is 0. The van der Waals surface area contributed by atoms with E-state index >= 15 is 0 Å². The Morgan fingerprint density at radius 2 is 2.00 bits per heavy atom. The van der Waals surface area contributed by atoms with E-state index in [0.29, 0.717) is 29.8 Å². The Labute approximate surface area is 173 Å². The van der Waals surface area contributed by atoms with Crippen molar-refractivity contribution in [1.82, 2.24) is 29.2 Å². The minimum atomic E-state index is -0.136. The van der Waals surface area contributed by atoms with E-state index < -0.39 is 0 Å². The molecule has 0 aliphatic carbocycles. The summed E-state index contributed by atoms with van der Waals surface area (Å²) in [6, 6.07) is 12.2. The van der Waals surface area contributed by atoms with Gasteiger partial charge in [-0.2, -0.15) is 10.1 Å². The molecule has 154 valence electrons. The summed E-state index contributed by atoms with van der Waals surface area (Å²) in [5, 5.41) is 8.60. The minimum Gasteiger partial charge on any atom is -0.338 e. The fourth-order valence-corrected chi connectivity index (χ4v) is 4.04. The molecule has 1 aliphatic rings. The molecule has 8 nitrogen and oxygen atoms in total. The van der Waals surface area contributed by atoms with Gasteiger partial charge in [0.2, 0.25) is 5.89 Å². The Morgan fingerprint density at radius 3 is 2.83 bits per heavy atom. The molecule has 0 saturated carbocycles. The molecule has 1 atom stereocenters. The van der Waals surface area contributed by atoms with Crippen molar-refractivity contribution >= 4 is 5.52 Å². The van der Waals surface area contributed by atoms with Crippen LogP contribution in [-0.2, 0) is 13.1 Å². The van der Waals surface area contributed by atoms with Gasteiger partial charge >= 0.3 is 0 Å². The van der Waals surface area contributed by atoms with E-state index in [-0.39, 0.29) is 12.1 Å². The highest BCUT2D eigenvalue weighted by Crippen LogP contribution is 2.19. The zero-order valence-electron chi connectivity index (χ0n) is 16.9. The lowest BCUT2D eigenvalue weighted by Crippen LogP contribution is -2.36. The van der Waals surface area contributed by atoms with Crippen LogP contribution in [0.25, 0.3) is 16.8 Å². The molecular weight excluding hydrogens is 380 g/mol. The van der Waals surface area contributed by atoms with Crippen molar-refractivity contribution in [3.63, 3.8) is 0 Å². The molecule has 1 unspecified atom stereocenters. The first-order valence-electron chi connectivity index (χ1n) is 10.4. The fourth-order valence-electron chi connectivity index (χ4n) is 4.04. The molecule has 0 radical (unpaired) electrons. The first kappa shape index (κ1) is 18.7. The average Bonchev–Trinajstić information content (AvgIpc) is 3.40. The average molecular weight is 404 g/mol. The Balaban J connectivity index is 1.36. The number of aromatic nitrogens is 5. The van der Waals surface area contributed by atoms with Gasteiger partial charge in [0.1, 0.15) is 5.52 Å². The van der Waals surface area contributed by atoms with E-state index in [0.717, 1.165) is 17.8 Å². The number of hydrogen-bond acceptors (Lipinski definition) is 6. The largest absolute Gasteiger partial charge is 0.338 e. The van der Waals surface area contributed by atoms with E-state index in [2.05, 4.69) is 27.1 Å². The third-order valence-electron chi connectivity index (χ3n) is 5.77. The molecule has 1 saturated heterocycles. The van der Waals surface area contributed by atoms with Gasteiger partial charge in [-0.05, 0) is 32.4 Å². The predicted octanol–water partition coefficient (Wildman–Crippen LogP) is 2.97. The molecule has 0 bridgehead atoms. The van der Waals surface area contributed by atoms with Gasteiger partial charge in [0, 0.05) is 24.0 Å². The van der Waals surface area contributed by atoms with Gasteiger partial charge in [-0.25, -0.2) is 4.52 Å². The fraction of sp³-hybridized carbons (Fsp3) is 0.364. The Morgan fingerprint density at radius 1 is 1.13 bits per heavy atom. The third kappa shape index (κ3) is 3.66. The number of likely N-dealkylation sites (tertiary alicyclic amines) is 1. The van der Waals surface area contributed by atoms with Crippen LogP contribution in [0.5, 0.6) is 0 Å². The quantitative estimate of drug-likeness (QED) is 0.509. The Hall–Kier alpha value is -3.26. The monoisotopic (exact) mass is 404 g/mol. The second-order valence-corrected chi connectivity index (χ2v) is 7.88. The Kier molecular flexibility index (Phi) is 4.92. The summed E-state index contributed by atoms with van der Waals surface area (Å²) in [5.41, 5.74) is 2.12. The number of benzene rings is 1. The molecule has 8 heteroatoms. The van der Waals surface area contributed by atoms with Crippen LogP contribution in [0.1, 0.15) is 37.9 Å². The number of rotatable bonds is 5. The third-order valence-corrected chi connectivity index (χ3v) is 5.77. The Bertz CT molecular complexity index is 1210. The van der Waals surface area contributed by atoms with Crippen molar-refractivity contribution in [2.45, 2.75) is 45.3 Å². The van der Waals surface area contributed by atoms with Gasteiger partial charge in [0.05, 0.1) is 18.8 Å². The summed E-state index contributed by atoms with van der Waals surface area (Å²) in [6.07, 6.45) is 7.17. The maximum Gasteiger partial charge on any atom is 0.277 e. The molecule has 1 aliphatic heterocycles. The lowest BCUT2D eigenvalue weighted by molar-refractivity contribution is 0.135. The first-order valence-corrected chi connectivity index (χ1v) is 10.4. The van der Waals surface area contributed by atoms with Crippen molar-refractivity contribution in [2.75, 3.05) is 6.54 Å². The molecule has 5 rings (SSSR count). The molecule has 0 N–H and O–H groups in total. The molecule has 0 amide bonds. The van der Waals surface area contributed by atoms with Crippen molar-refractivity contribution in [3.05, 3.63) is 70.9 Å². The lowest BCUT2D eigenvalue weighted by atomic mass is 10.0. The first-order chi connectivity index (χ1) is 14.7. The van der Waals surface area contributed by atoms with Crippen LogP contribution in [0.15, 0.2) is 58.1 Å². The van der Waals surface area contributed by atoms with Crippen LogP contribution >= 0.6 is 0 Å². The summed E-state index contributed by atoms with van der Waals surface area (Å²) in [4.78, 5) is 19.8. The smallest absolute Gasteiger partial charge is 0.277 e. The van der Waals surface area contributed by atoms with E-state index in [1.165, 1.54) is 19.3 Å². The molecule has 4 heterocycles. The van der Waals surface area contributed by atoms with Gasteiger partial charge in [0.25, 0.3) is 5.56 Å². The maximum atomic E-state index is 13.0. The zero-order chi connectivity index (χ0) is 20.5. The van der Waals surface area contributed by atoms with Gasteiger partial charge in [-0.3, -0.25) is 9.69 Å². The molecule has 3 aromatic heterocycles. The zero-order valence-corrected chi connectivity index (χ0v) is 16.9. The number of nitrogens with zero attached hydrogens (tertiary/aromatic N) is 6. The van der Waals surface area contributed by atoms with Crippen molar-refractivity contribution in [3.8, 4) is 11.3 Å². The van der Waals surface area contributed by atoms with Crippen molar-refractivity contribution in [1.29, 1.82) is 0 Å². The summed E-state index contributed by atoms with van der Waals surface area (Å²) < 4.78 is 8.64. The highest BCUT2D eigenvalue weighted by atomic mass is 16.5. The molecule has 30 heavy (non-hydrogen) atoms. The lowest BCUT2D eigenvalue weighted by Gasteiger charge is -2.31. The number of hydrogen-bond donors (Lipinski definition) is 0. The summed E-state index contributed by atoms with van der Waals surface area (Å²) in [5.74, 6) is 1.10. The van der Waals surface area contributed by atoms with E-state index in [1.807, 2.05) is 36.4 Å². The van der Waals surface area contributed by atoms with Crippen LogP contribution in [0.2, 0.25) is 0 Å². The standard InChI is InChI=1S/C22H24N6O2/c1-16-7-5-6-10-26(16)15-21-23-20(25-30-21)14-27-11-12-28-19(22(27)29)13-18(24-28)17-8-3-2-4-9-17/h2-4,8-9,11-13,16H,5-7,10,14-15H2,1H3. The van der Waals surface area contributed by atoms with Crippen LogP contribution < -0.4 is 5.56 Å². The topological polar surface area (TPSA) is 81.5 Å². The SMILES string of the molecule is CC1CCCCN1Cc1nc(Cn2ccn3nc(-c4ccccc4)cc3c2=O)no1. The van der Waals surface area contributed by atoms with Crippen LogP contribution in [-0.4, -0.2) is 41.8 Å². The van der Waals surface area contributed by atoms with E-state index in [9.17, 15) is 4.79 Å². The van der Waals surface area contributed by atoms with Gasteiger partial charge < -0.3 is 9.09 Å². The second kappa shape index (κ2) is 7.87. The number of piperidine rings is 1. The van der Waals surface area contributed by atoms with Gasteiger partial charge in [0.15, 0.2) is 5.82 Å². The molecule has 0 spiro atoms. The predicted molar refractivity (Wildman–Crippen MR) is 112 cm³/mol. The molecule has 4 aromatic rings. The van der Waals surface area contributed by atoms with E-state index in [4.69, 9.17) is 4.52 Å². The highest BCUT2D eigenvalue weighted by Gasteiger charge is 2.21. The van der Waals surface area contributed by atoms with Crippen molar-refractivity contribution in [2.24, 2.45) is 0 Å². The van der Waals surface area contributed by atoms with Gasteiger partial charge in [-0.15, -0.1) is 0 Å². The summed E-state index contributed by atoms with van der Waals surface area (Å²) in [7, 11) is 0.